The van der Waals surface area contributed by atoms with E-state index in [4.69, 9.17) is 4.74 Å². The Morgan fingerprint density at radius 1 is 1.43 bits per heavy atom. The standard InChI is InChI=1S/C17H26N2O2/c1-4-16(21-15-7-5-6-13(2)12-15)17(20)18-14-8-10-19(3)11-9-14/h5-7,12,14,16H,4,8-11H2,1-3H3,(H,18,20)/t16-/m1/s1. The van der Waals surface area contributed by atoms with Gasteiger partial charge in [-0.15, -0.1) is 0 Å². The van der Waals surface area contributed by atoms with Crippen LogP contribution in [0.1, 0.15) is 31.7 Å². The van der Waals surface area contributed by atoms with Gasteiger partial charge in [0.1, 0.15) is 5.75 Å². The number of benzene rings is 1. The highest BCUT2D eigenvalue weighted by molar-refractivity contribution is 5.81. The van der Waals surface area contributed by atoms with E-state index < -0.39 is 6.10 Å². The topological polar surface area (TPSA) is 41.6 Å². The number of hydrogen-bond acceptors (Lipinski definition) is 3. The molecule has 1 heterocycles. The molecule has 1 atom stereocenters. The maximum atomic E-state index is 12.4. The molecule has 0 saturated carbocycles. The summed E-state index contributed by atoms with van der Waals surface area (Å²) < 4.78 is 5.85. The van der Waals surface area contributed by atoms with Crippen molar-refractivity contribution in [3.63, 3.8) is 0 Å². The molecule has 2 rings (SSSR count). The Kier molecular flexibility index (Phi) is 5.62. The van der Waals surface area contributed by atoms with Crippen LogP contribution in [0, 0.1) is 6.92 Å². The molecule has 0 aliphatic carbocycles. The molecule has 1 N–H and O–H groups in total. The molecule has 1 aliphatic rings. The zero-order valence-electron chi connectivity index (χ0n) is 13.3. The molecule has 1 saturated heterocycles. The number of hydrogen-bond donors (Lipinski definition) is 1. The van der Waals surface area contributed by atoms with E-state index in [9.17, 15) is 4.79 Å². The molecule has 1 aromatic carbocycles. The molecule has 0 spiro atoms. The van der Waals surface area contributed by atoms with Gasteiger partial charge in [0.05, 0.1) is 0 Å². The summed E-state index contributed by atoms with van der Waals surface area (Å²) in [4.78, 5) is 14.7. The van der Waals surface area contributed by atoms with Crippen LogP contribution in [0.2, 0.25) is 0 Å². The first kappa shape index (κ1) is 15.8. The minimum absolute atomic E-state index is 0.00793. The highest BCUT2D eigenvalue weighted by Crippen LogP contribution is 2.16. The summed E-state index contributed by atoms with van der Waals surface area (Å²) >= 11 is 0. The molecule has 4 heteroatoms. The van der Waals surface area contributed by atoms with E-state index in [1.807, 2.05) is 38.1 Å². The number of amides is 1. The van der Waals surface area contributed by atoms with Gasteiger partial charge in [0, 0.05) is 6.04 Å². The first-order valence-corrected chi connectivity index (χ1v) is 7.80. The number of piperidine rings is 1. The highest BCUT2D eigenvalue weighted by atomic mass is 16.5. The summed E-state index contributed by atoms with van der Waals surface area (Å²) in [7, 11) is 2.12. The molecule has 116 valence electrons. The van der Waals surface area contributed by atoms with Crippen LogP contribution in [0.5, 0.6) is 5.75 Å². The van der Waals surface area contributed by atoms with Crippen LogP contribution in [0.15, 0.2) is 24.3 Å². The fraction of sp³-hybridized carbons (Fsp3) is 0.588. The van der Waals surface area contributed by atoms with Gasteiger partial charge >= 0.3 is 0 Å². The maximum absolute atomic E-state index is 12.4. The van der Waals surface area contributed by atoms with Crippen molar-refractivity contribution in [3.8, 4) is 5.75 Å². The van der Waals surface area contributed by atoms with Gasteiger partial charge in [-0.25, -0.2) is 0 Å². The lowest BCUT2D eigenvalue weighted by atomic mass is 10.1. The first-order chi connectivity index (χ1) is 10.1. The van der Waals surface area contributed by atoms with Gasteiger partial charge in [0.2, 0.25) is 0 Å². The van der Waals surface area contributed by atoms with Crippen LogP contribution >= 0.6 is 0 Å². The van der Waals surface area contributed by atoms with Crippen LogP contribution in [0.3, 0.4) is 0 Å². The van der Waals surface area contributed by atoms with Gasteiger partial charge < -0.3 is 15.0 Å². The Morgan fingerprint density at radius 3 is 2.76 bits per heavy atom. The molecular formula is C17H26N2O2. The minimum Gasteiger partial charge on any atom is -0.481 e. The molecule has 1 aromatic rings. The van der Waals surface area contributed by atoms with E-state index in [0.29, 0.717) is 6.42 Å². The summed E-state index contributed by atoms with van der Waals surface area (Å²) in [5.74, 6) is 0.772. The Hall–Kier alpha value is -1.55. The average molecular weight is 290 g/mol. The third-order valence-corrected chi connectivity index (χ3v) is 4.00. The fourth-order valence-corrected chi connectivity index (χ4v) is 2.62. The monoisotopic (exact) mass is 290 g/mol. The van der Waals surface area contributed by atoms with Gasteiger partial charge in [-0.2, -0.15) is 0 Å². The third kappa shape index (κ3) is 4.74. The van der Waals surface area contributed by atoms with Crippen molar-refractivity contribution < 1.29 is 9.53 Å². The SMILES string of the molecule is CC[C@@H](Oc1cccc(C)c1)C(=O)NC1CCN(C)CC1. The highest BCUT2D eigenvalue weighted by Gasteiger charge is 2.23. The summed E-state index contributed by atoms with van der Waals surface area (Å²) in [6.45, 7) is 6.09. The minimum atomic E-state index is -0.411. The third-order valence-electron chi connectivity index (χ3n) is 4.00. The predicted octanol–water partition coefficient (Wildman–Crippen LogP) is 2.36. The molecule has 0 bridgehead atoms. The summed E-state index contributed by atoms with van der Waals surface area (Å²) in [6.07, 6.45) is 2.30. The van der Waals surface area contributed by atoms with E-state index in [2.05, 4.69) is 17.3 Å². The molecule has 1 fully saturated rings. The summed E-state index contributed by atoms with van der Waals surface area (Å²) in [5, 5.41) is 3.13. The number of rotatable bonds is 5. The van der Waals surface area contributed by atoms with E-state index in [-0.39, 0.29) is 11.9 Å². The summed E-state index contributed by atoms with van der Waals surface area (Å²) in [6, 6.07) is 8.12. The largest absolute Gasteiger partial charge is 0.481 e. The van der Waals surface area contributed by atoms with Crippen LogP contribution < -0.4 is 10.1 Å². The molecule has 21 heavy (non-hydrogen) atoms. The van der Waals surface area contributed by atoms with Crippen molar-refractivity contribution in [2.45, 2.75) is 45.3 Å². The molecule has 1 amide bonds. The lowest BCUT2D eigenvalue weighted by Gasteiger charge is -2.30. The van der Waals surface area contributed by atoms with Crippen molar-refractivity contribution in [3.05, 3.63) is 29.8 Å². The quantitative estimate of drug-likeness (QED) is 0.905. The fourth-order valence-electron chi connectivity index (χ4n) is 2.62. The van der Waals surface area contributed by atoms with E-state index in [0.717, 1.165) is 37.2 Å². The second-order valence-electron chi connectivity index (χ2n) is 5.92. The normalized spacial score (nSPS) is 18.2. The zero-order chi connectivity index (χ0) is 15.2. The number of ether oxygens (including phenoxy) is 1. The van der Waals surface area contributed by atoms with E-state index in [1.165, 1.54) is 0 Å². The predicted molar refractivity (Wildman–Crippen MR) is 84.5 cm³/mol. The number of carbonyl (C=O) groups is 1. The lowest BCUT2D eigenvalue weighted by Crippen LogP contribution is -2.47. The molecular weight excluding hydrogens is 264 g/mol. The second-order valence-corrected chi connectivity index (χ2v) is 5.92. The molecule has 4 nitrogen and oxygen atoms in total. The smallest absolute Gasteiger partial charge is 0.261 e. The molecule has 0 aromatic heterocycles. The van der Waals surface area contributed by atoms with Gasteiger partial charge in [-0.3, -0.25) is 4.79 Å². The Labute approximate surface area is 127 Å². The zero-order valence-corrected chi connectivity index (χ0v) is 13.3. The Balaban J connectivity index is 1.89. The van der Waals surface area contributed by atoms with Crippen LogP contribution in [0.4, 0.5) is 0 Å². The van der Waals surface area contributed by atoms with Gasteiger partial charge in [-0.05, 0) is 64.0 Å². The number of nitrogens with zero attached hydrogens (tertiary/aromatic N) is 1. The van der Waals surface area contributed by atoms with E-state index in [1.54, 1.807) is 0 Å². The number of nitrogens with one attached hydrogen (secondary N) is 1. The van der Waals surface area contributed by atoms with Crippen molar-refractivity contribution in [2.75, 3.05) is 20.1 Å². The number of likely N-dealkylation sites (tertiary alicyclic amines) is 1. The Bertz CT molecular complexity index is 468. The van der Waals surface area contributed by atoms with Crippen molar-refractivity contribution in [1.82, 2.24) is 10.2 Å². The second kappa shape index (κ2) is 7.46. The molecule has 1 aliphatic heterocycles. The van der Waals surface area contributed by atoms with Crippen molar-refractivity contribution in [1.29, 1.82) is 0 Å². The van der Waals surface area contributed by atoms with E-state index >= 15 is 0 Å². The molecule has 0 unspecified atom stereocenters. The summed E-state index contributed by atoms with van der Waals surface area (Å²) in [5.41, 5.74) is 1.14. The Morgan fingerprint density at radius 2 is 2.14 bits per heavy atom. The average Bonchev–Trinajstić information content (AvgIpc) is 2.47. The van der Waals surface area contributed by atoms with Crippen LogP contribution in [0.25, 0.3) is 0 Å². The van der Waals surface area contributed by atoms with Crippen LogP contribution in [-0.4, -0.2) is 43.1 Å². The van der Waals surface area contributed by atoms with Crippen LogP contribution in [-0.2, 0) is 4.79 Å². The maximum Gasteiger partial charge on any atom is 0.261 e. The van der Waals surface area contributed by atoms with Gasteiger partial charge in [-0.1, -0.05) is 19.1 Å². The van der Waals surface area contributed by atoms with Gasteiger partial charge in [0.15, 0.2) is 6.10 Å². The first-order valence-electron chi connectivity index (χ1n) is 7.80. The molecule has 0 radical (unpaired) electrons. The van der Waals surface area contributed by atoms with Gasteiger partial charge in [0.25, 0.3) is 5.91 Å². The van der Waals surface area contributed by atoms with Crippen molar-refractivity contribution >= 4 is 5.91 Å². The number of aryl methyl sites for hydroxylation is 1. The number of carbonyl (C=O) groups excluding carboxylic acids is 1. The lowest BCUT2D eigenvalue weighted by molar-refractivity contribution is -0.129. The van der Waals surface area contributed by atoms with Crippen molar-refractivity contribution in [2.24, 2.45) is 0 Å².